The molecule has 1 rings (SSSR count). The van der Waals surface area contributed by atoms with Crippen molar-refractivity contribution in [2.24, 2.45) is 5.73 Å². The molecule has 0 aliphatic carbocycles. The normalized spacial score (nSPS) is 14.6. The fraction of sp³-hybridized carbons (Fsp3) is 0.538. The molecule has 1 aromatic rings. The SMILES string of the molecule is COCCCSC(c1ccc(F)cc1)C(C)N. The van der Waals surface area contributed by atoms with E-state index in [0.717, 1.165) is 24.3 Å². The number of hydrogen-bond donors (Lipinski definition) is 1. The van der Waals surface area contributed by atoms with E-state index in [9.17, 15) is 4.39 Å². The zero-order chi connectivity index (χ0) is 12.7. The maximum atomic E-state index is 12.8. The number of ether oxygens (including phenoxy) is 1. The van der Waals surface area contributed by atoms with Gasteiger partial charge in [0.2, 0.25) is 0 Å². The number of benzene rings is 1. The van der Waals surface area contributed by atoms with E-state index in [1.165, 1.54) is 12.1 Å². The van der Waals surface area contributed by atoms with Crippen LogP contribution < -0.4 is 5.73 Å². The molecule has 2 nitrogen and oxygen atoms in total. The van der Waals surface area contributed by atoms with Crippen molar-refractivity contribution in [1.82, 2.24) is 0 Å². The Kier molecular flexibility index (Phi) is 6.55. The molecule has 0 radical (unpaired) electrons. The summed E-state index contributed by atoms with van der Waals surface area (Å²) in [5.41, 5.74) is 7.06. The van der Waals surface area contributed by atoms with E-state index in [2.05, 4.69) is 0 Å². The van der Waals surface area contributed by atoms with Crippen LogP contribution in [0.4, 0.5) is 4.39 Å². The highest BCUT2D eigenvalue weighted by Crippen LogP contribution is 2.31. The molecular formula is C13H20FNOS. The van der Waals surface area contributed by atoms with E-state index < -0.39 is 0 Å². The van der Waals surface area contributed by atoms with Crippen molar-refractivity contribution in [3.8, 4) is 0 Å². The van der Waals surface area contributed by atoms with Gasteiger partial charge in [0.1, 0.15) is 5.82 Å². The summed E-state index contributed by atoms with van der Waals surface area (Å²) in [6, 6.07) is 6.65. The van der Waals surface area contributed by atoms with E-state index in [1.54, 1.807) is 18.9 Å². The van der Waals surface area contributed by atoms with Crippen molar-refractivity contribution < 1.29 is 9.13 Å². The Morgan fingerprint density at radius 1 is 1.35 bits per heavy atom. The maximum Gasteiger partial charge on any atom is 0.123 e. The van der Waals surface area contributed by atoms with Crippen molar-refractivity contribution in [1.29, 1.82) is 0 Å². The third-order valence-corrected chi connectivity index (χ3v) is 4.05. The van der Waals surface area contributed by atoms with Crippen molar-refractivity contribution in [2.45, 2.75) is 24.6 Å². The molecule has 17 heavy (non-hydrogen) atoms. The molecule has 0 aliphatic heterocycles. The molecule has 2 atom stereocenters. The predicted molar refractivity (Wildman–Crippen MR) is 71.7 cm³/mol. The van der Waals surface area contributed by atoms with Crippen LogP contribution in [-0.2, 0) is 4.74 Å². The van der Waals surface area contributed by atoms with Gasteiger partial charge in [0.05, 0.1) is 0 Å². The molecule has 0 aliphatic rings. The van der Waals surface area contributed by atoms with Crippen LogP contribution >= 0.6 is 11.8 Å². The fourth-order valence-electron chi connectivity index (χ4n) is 1.62. The molecule has 96 valence electrons. The molecule has 0 spiro atoms. The molecule has 1 aromatic carbocycles. The van der Waals surface area contributed by atoms with Crippen LogP contribution in [0, 0.1) is 5.82 Å². The summed E-state index contributed by atoms with van der Waals surface area (Å²) in [7, 11) is 1.70. The molecule has 0 saturated carbocycles. The van der Waals surface area contributed by atoms with Gasteiger partial charge in [0.15, 0.2) is 0 Å². The second kappa shape index (κ2) is 7.69. The summed E-state index contributed by atoms with van der Waals surface area (Å²) in [5.74, 6) is 0.791. The highest BCUT2D eigenvalue weighted by atomic mass is 32.2. The Hall–Kier alpha value is -0.580. The number of halogens is 1. The third kappa shape index (κ3) is 5.06. The maximum absolute atomic E-state index is 12.8. The fourth-order valence-corrected chi connectivity index (χ4v) is 2.81. The standard InChI is InChI=1S/C13H20FNOS/c1-10(15)13(17-9-3-8-16-2)11-4-6-12(14)7-5-11/h4-7,10,13H,3,8-9,15H2,1-2H3. The number of rotatable bonds is 7. The average Bonchev–Trinajstić information content (AvgIpc) is 2.30. The molecule has 0 aromatic heterocycles. The van der Waals surface area contributed by atoms with Gasteiger partial charge in [-0.05, 0) is 36.8 Å². The summed E-state index contributed by atoms with van der Waals surface area (Å²) < 4.78 is 17.9. The number of hydrogen-bond acceptors (Lipinski definition) is 3. The number of thioether (sulfide) groups is 1. The van der Waals surface area contributed by atoms with Crippen molar-refractivity contribution in [3.05, 3.63) is 35.6 Å². The molecule has 0 saturated heterocycles. The summed E-state index contributed by atoms with van der Waals surface area (Å²) in [6.07, 6.45) is 1.01. The van der Waals surface area contributed by atoms with Gasteiger partial charge in [0.25, 0.3) is 0 Å². The monoisotopic (exact) mass is 257 g/mol. The minimum absolute atomic E-state index is 0.0491. The minimum Gasteiger partial charge on any atom is -0.385 e. The smallest absolute Gasteiger partial charge is 0.123 e. The summed E-state index contributed by atoms with van der Waals surface area (Å²) >= 11 is 1.80. The first kappa shape index (κ1) is 14.5. The highest BCUT2D eigenvalue weighted by molar-refractivity contribution is 7.99. The largest absolute Gasteiger partial charge is 0.385 e. The van der Waals surface area contributed by atoms with Crippen LogP contribution in [0.15, 0.2) is 24.3 Å². The molecule has 4 heteroatoms. The van der Waals surface area contributed by atoms with Gasteiger partial charge < -0.3 is 10.5 Å². The minimum atomic E-state index is -0.207. The first-order valence-electron chi connectivity index (χ1n) is 5.76. The van der Waals surface area contributed by atoms with Crippen LogP contribution in [0.1, 0.15) is 24.2 Å². The van der Waals surface area contributed by atoms with Gasteiger partial charge in [0, 0.05) is 25.0 Å². The Morgan fingerprint density at radius 3 is 2.53 bits per heavy atom. The Balaban J connectivity index is 2.56. The Bertz CT molecular complexity index is 316. The van der Waals surface area contributed by atoms with Crippen molar-refractivity contribution >= 4 is 11.8 Å². The lowest BCUT2D eigenvalue weighted by molar-refractivity contribution is 0.200. The first-order valence-corrected chi connectivity index (χ1v) is 6.81. The average molecular weight is 257 g/mol. The van der Waals surface area contributed by atoms with E-state index in [4.69, 9.17) is 10.5 Å². The van der Waals surface area contributed by atoms with Gasteiger partial charge >= 0.3 is 0 Å². The van der Waals surface area contributed by atoms with Crippen molar-refractivity contribution in [3.63, 3.8) is 0 Å². The van der Waals surface area contributed by atoms with Gasteiger partial charge in [-0.25, -0.2) is 4.39 Å². The van der Waals surface area contributed by atoms with Crippen molar-refractivity contribution in [2.75, 3.05) is 19.5 Å². The van der Waals surface area contributed by atoms with Crippen LogP contribution in [-0.4, -0.2) is 25.5 Å². The second-order valence-corrected chi connectivity index (χ2v) is 5.30. The van der Waals surface area contributed by atoms with Crippen LogP contribution in [0.25, 0.3) is 0 Å². The van der Waals surface area contributed by atoms with Gasteiger partial charge in [-0.1, -0.05) is 12.1 Å². The van der Waals surface area contributed by atoms with E-state index in [1.807, 2.05) is 19.1 Å². The summed E-state index contributed by atoms with van der Waals surface area (Å²) in [6.45, 7) is 2.75. The van der Waals surface area contributed by atoms with Gasteiger partial charge in [-0.15, -0.1) is 0 Å². The first-order chi connectivity index (χ1) is 8.15. The van der Waals surface area contributed by atoms with Crippen LogP contribution in [0.3, 0.4) is 0 Å². The summed E-state index contributed by atoms with van der Waals surface area (Å²) in [4.78, 5) is 0. The zero-order valence-electron chi connectivity index (χ0n) is 10.4. The molecule has 2 N–H and O–H groups in total. The topological polar surface area (TPSA) is 35.2 Å². The molecular weight excluding hydrogens is 237 g/mol. The lowest BCUT2D eigenvalue weighted by Gasteiger charge is -2.20. The molecule has 0 bridgehead atoms. The van der Waals surface area contributed by atoms with E-state index >= 15 is 0 Å². The number of nitrogens with two attached hydrogens (primary N) is 1. The zero-order valence-corrected chi connectivity index (χ0v) is 11.2. The van der Waals surface area contributed by atoms with Crippen LogP contribution in [0.2, 0.25) is 0 Å². The quantitative estimate of drug-likeness (QED) is 0.763. The number of methoxy groups -OCH3 is 1. The molecule has 0 amide bonds. The second-order valence-electron chi connectivity index (χ2n) is 4.05. The molecule has 0 heterocycles. The Morgan fingerprint density at radius 2 is 2.00 bits per heavy atom. The lowest BCUT2D eigenvalue weighted by atomic mass is 10.1. The van der Waals surface area contributed by atoms with E-state index in [-0.39, 0.29) is 17.1 Å². The Labute approximate surface area is 107 Å². The highest BCUT2D eigenvalue weighted by Gasteiger charge is 2.16. The van der Waals surface area contributed by atoms with E-state index in [0.29, 0.717) is 0 Å². The predicted octanol–water partition coefficient (Wildman–Crippen LogP) is 2.98. The molecule has 2 unspecified atom stereocenters. The third-order valence-electron chi connectivity index (χ3n) is 2.47. The lowest BCUT2D eigenvalue weighted by Crippen LogP contribution is -2.23. The van der Waals surface area contributed by atoms with Crippen LogP contribution in [0.5, 0.6) is 0 Å². The summed E-state index contributed by atoms with van der Waals surface area (Å²) in [5, 5.41) is 0.215. The molecule has 0 fully saturated rings. The van der Waals surface area contributed by atoms with Gasteiger partial charge in [-0.3, -0.25) is 0 Å². The van der Waals surface area contributed by atoms with Gasteiger partial charge in [-0.2, -0.15) is 11.8 Å².